The zero-order valence-electron chi connectivity index (χ0n) is 15.9. The monoisotopic (exact) mass is 477 g/mol. The number of aliphatic imine (C=N–C) groups is 1. The Morgan fingerprint density at radius 3 is 2.23 bits per heavy atom. The fourth-order valence-corrected chi connectivity index (χ4v) is 5.08. The number of carbonyl (C=O) groups excluding carboxylic acids is 1. The van der Waals surface area contributed by atoms with Crippen molar-refractivity contribution in [1.82, 2.24) is 20.0 Å². The second-order valence-electron chi connectivity index (χ2n) is 7.84. The lowest BCUT2D eigenvalue weighted by molar-refractivity contribution is -0.130. The van der Waals surface area contributed by atoms with Gasteiger partial charge in [0.1, 0.15) is 0 Å². The van der Waals surface area contributed by atoms with Gasteiger partial charge in [-0.2, -0.15) is 0 Å². The molecule has 4 saturated heterocycles. The van der Waals surface area contributed by atoms with Gasteiger partial charge < -0.3 is 19.9 Å². The molecule has 0 radical (unpaired) electrons. The SMILES string of the molecule is CN=C(NCCN1CCN(C(C)=O)CC1)N1CC2C3CCC(O3)C2C1.I. The molecule has 4 heterocycles. The number of nitrogens with zero attached hydrogens (tertiary/aromatic N) is 4. The van der Waals surface area contributed by atoms with Crippen LogP contribution in [0.1, 0.15) is 19.8 Å². The fourth-order valence-electron chi connectivity index (χ4n) is 5.08. The van der Waals surface area contributed by atoms with Crippen LogP contribution in [0.4, 0.5) is 0 Å². The van der Waals surface area contributed by atoms with Crippen LogP contribution in [0.2, 0.25) is 0 Å². The van der Waals surface area contributed by atoms with Gasteiger partial charge in [0.15, 0.2) is 5.96 Å². The number of halogens is 1. The number of hydrogen-bond donors (Lipinski definition) is 1. The number of likely N-dealkylation sites (tertiary alicyclic amines) is 1. The number of fused-ring (bicyclic) bond motifs is 5. The maximum absolute atomic E-state index is 11.4. The van der Waals surface area contributed by atoms with Crippen LogP contribution in [0.3, 0.4) is 0 Å². The molecule has 2 bridgehead atoms. The molecule has 0 aromatic carbocycles. The van der Waals surface area contributed by atoms with E-state index in [1.807, 2.05) is 11.9 Å². The van der Waals surface area contributed by atoms with Crippen molar-refractivity contribution < 1.29 is 9.53 Å². The maximum Gasteiger partial charge on any atom is 0.219 e. The van der Waals surface area contributed by atoms with Gasteiger partial charge in [0.05, 0.1) is 12.2 Å². The van der Waals surface area contributed by atoms with Crippen molar-refractivity contribution in [2.45, 2.75) is 32.0 Å². The summed E-state index contributed by atoms with van der Waals surface area (Å²) in [5, 5.41) is 3.54. The number of rotatable bonds is 3. The molecule has 4 aliphatic heterocycles. The van der Waals surface area contributed by atoms with Gasteiger partial charge in [-0.25, -0.2) is 0 Å². The minimum atomic E-state index is 0. The summed E-state index contributed by atoms with van der Waals surface area (Å²) in [5.74, 6) is 2.64. The molecular weight excluding hydrogens is 445 g/mol. The quantitative estimate of drug-likeness (QED) is 0.364. The summed E-state index contributed by atoms with van der Waals surface area (Å²) in [5.41, 5.74) is 0. The normalized spacial score (nSPS) is 34.0. The maximum atomic E-state index is 11.4. The Labute approximate surface area is 173 Å². The first-order valence-corrected chi connectivity index (χ1v) is 9.74. The molecule has 0 aromatic heterocycles. The second kappa shape index (κ2) is 8.60. The summed E-state index contributed by atoms with van der Waals surface area (Å²) >= 11 is 0. The van der Waals surface area contributed by atoms with Gasteiger partial charge in [-0.15, -0.1) is 24.0 Å². The summed E-state index contributed by atoms with van der Waals surface area (Å²) in [7, 11) is 1.88. The average Bonchev–Trinajstić information content (AvgIpc) is 3.32. The predicted octanol–water partition coefficient (Wildman–Crippen LogP) is 0.453. The first kappa shape index (κ1) is 20.1. The average molecular weight is 477 g/mol. The van der Waals surface area contributed by atoms with E-state index in [4.69, 9.17) is 4.74 Å². The molecular formula is C18H32IN5O2. The van der Waals surface area contributed by atoms with Crippen LogP contribution in [0.15, 0.2) is 4.99 Å². The Morgan fingerprint density at radius 2 is 1.69 bits per heavy atom. The van der Waals surface area contributed by atoms with E-state index in [-0.39, 0.29) is 29.9 Å². The zero-order chi connectivity index (χ0) is 17.4. The first-order valence-electron chi connectivity index (χ1n) is 9.74. The molecule has 4 rings (SSSR count). The van der Waals surface area contributed by atoms with Crippen LogP contribution in [0.5, 0.6) is 0 Å². The molecule has 0 aromatic rings. The van der Waals surface area contributed by atoms with Crippen LogP contribution < -0.4 is 5.32 Å². The van der Waals surface area contributed by atoms with Gasteiger partial charge in [-0.1, -0.05) is 0 Å². The Bertz CT molecular complexity index is 520. The van der Waals surface area contributed by atoms with Gasteiger partial charge in [0, 0.05) is 78.2 Å². The van der Waals surface area contributed by atoms with Gasteiger partial charge in [-0.3, -0.25) is 14.7 Å². The predicted molar refractivity (Wildman–Crippen MR) is 112 cm³/mol. The molecule has 0 spiro atoms. The largest absolute Gasteiger partial charge is 0.374 e. The number of carbonyl (C=O) groups is 1. The van der Waals surface area contributed by atoms with Crippen molar-refractivity contribution in [3.8, 4) is 0 Å². The molecule has 0 saturated carbocycles. The third-order valence-corrected chi connectivity index (χ3v) is 6.49. The summed E-state index contributed by atoms with van der Waals surface area (Å²) in [6.45, 7) is 9.37. The third kappa shape index (κ3) is 3.96. The third-order valence-electron chi connectivity index (χ3n) is 6.49. The molecule has 1 N–H and O–H groups in total. The van der Waals surface area contributed by atoms with E-state index in [0.29, 0.717) is 24.0 Å². The number of ether oxygens (including phenoxy) is 1. The first-order chi connectivity index (χ1) is 12.2. The van der Waals surface area contributed by atoms with Crippen LogP contribution in [-0.4, -0.2) is 98.2 Å². The molecule has 26 heavy (non-hydrogen) atoms. The molecule has 4 unspecified atom stereocenters. The molecule has 4 aliphatic rings. The van der Waals surface area contributed by atoms with E-state index in [1.165, 1.54) is 12.8 Å². The number of piperazine rings is 1. The molecule has 0 aliphatic carbocycles. The van der Waals surface area contributed by atoms with Crippen molar-refractivity contribution in [2.24, 2.45) is 16.8 Å². The van der Waals surface area contributed by atoms with Crippen molar-refractivity contribution >= 4 is 35.8 Å². The Balaban J connectivity index is 0.00000196. The van der Waals surface area contributed by atoms with Crippen LogP contribution >= 0.6 is 24.0 Å². The Morgan fingerprint density at radius 1 is 1.08 bits per heavy atom. The fraction of sp³-hybridized carbons (Fsp3) is 0.889. The van der Waals surface area contributed by atoms with E-state index >= 15 is 0 Å². The van der Waals surface area contributed by atoms with E-state index < -0.39 is 0 Å². The zero-order valence-corrected chi connectivity index (χ0v) is 18.2. The van der Waals surface area contributed by atoms with Crippen molar-refractivity contribution in [2.75, 3.05) is 59.4 Å². The minimum absolute atomic E-state index is 0. The number of guanidine groups is 1. The summed E-state index contributed by atoms with van der Waals surface area (Å²) < 4.78 is 6.07. The van der Waals surface area contributed by atoms with E-state index in [9.17, 15) is 4.79 Å². The molecule has 4 atom stereocenters. The van der Waals surface area contributed by atoms with E-state index in [0.717, 1.165) is 58.3 Å². The number of amides is 1. The number of hydrogen-bond acceptors (Lipinski definition) is 4. The van der Waals surface area contributed by atoms with Gasteiger partial charge >= 0.3 is 0 Å². The van der Waals surface area contributed by atoms with Crippen molar-refractivity contribution in [1.29, 1.82) is 0 Å². The lowest BCUT2D eigenvalue weighted by Crippen LogP contribution is -2.50. The highest BCUT2D eigenvalue weighted by atomic mass is 127. The van der Waals surface area contributed by atoms with Gasteiger partial charge in [-0.05, 0) is 12.8 Å². The molecule has 7 nitrogen and oxygen atoms in total. The van der Waals surface area contributed by atoms with E-state index in [2.05, 4.69) is 20.1 Å². The van der Waals surface area contributed by atoms with Gasteiger partial charge in [0.25, 0.3) is 0 Å². The Kier molecular flexibility index (Phi) is 6.66. The highest BCUT2D eigenvalue weighted by Gasteiger charge is 2.53. The lowest BCUT2D eigenvalue weighted by Gasteiger charge is -2.34. The highest BCUT2D eigenvalue weighted by molar-refractivity contribution is 14.0. The summed E-state index contributed by atoms with van der Waals surface area (Å²) in [6.07, 6.45) is 3.49. The molecule has 8 heteroatoms. The smallest absolute Gasteiger partial charge is 0.219 e. The second-order valence-corrected chi connectivity index (χ2v) is 7.84. The summed E-state index contributed by atoms with van der Waals surface area (Å²) in [4.78, 5) is 22.7. The van der Waals surface area contributed by atoms with Gasteiger partial charge in [0.2, 0.25) is 5.91 Å². The standard InChI is InChI=1S/C18H31N5O2.HI/c1-13(24)22-9-7-21(8-10-22)6-5-20-18(19-2)23-11-14-15(12-23)17-4-3-16(14)25-17;/h14-17H,3-12H2,1-2H3,(H,19,20);1H. The highest BCUT2D eigenvalue weighted by Crippen LogP contribution is 2.47. The molecule has 4 fully saturated rings. The van der Waals surface area contributed by atoms with Crippen molar-refractivity contribution in [3.63, 3.8) is 0 Å². The van der Waals surface area contributed by atoms with Crippen molar-refractivity contribution in [3.05, 3.63) is 0 Å². The topological polar surface area (TPSA) is 60.4 Å². The molecule has 1 amide bonds. The Hall–Kier alpha value is -0.610. The summed E-state index contributed by atoms with van der Waals surface area (Å²) in [6, 6.07) is 0. The van der Waals surface area contributed by atoms with Crippen LogP contribution in [-0.2, 0) is 9.53 Å². The lowest BCUT2D eigenvalue weighted by atomic mass is 9.82. The van der Waals surface area contributed by atoms with Crippen LogP contribution in [0, 0.1) is 11.8 Å². The number of nitrogens with one attached hydrogen (secondary N) is 1. The molecule has 148 valence electrons. The van der Waals surface area contributed by atoms with E-state index in [1.54, 1.807) is 6.92 Å². The van der Waals surface area contributed by atoms with Crippen LogP contribution in [0.25, 0.3) is 0 Å². The minimum Gasteiger partial charge on any atom is -0.374 e.